The maximum Gasteiger partial charge on any atom is 0.334 e. The summed E-state index contributed by atoms with van der Waals surface area (Å²) in [7, 11) is 2.79. The van der Waals surface area contributed by atoms with Crippen molar-refractivity contribution >= 4 is 69.7 Å². The molecule has 0 N–H and O–H groups in total. The van der Waals surface area contributed by atoms with Gasteiger partial charge in [-0.25, -0.2) is 9.78 Å². The molecular formula is C24H25Cl3N2O6S. The number of hydrogen-bond acceptors (Lipinski definition) is 8. The van der Waals surface area contributed by atoms with E-state index in [9.17, 15) is 14.4 Å². The van der Waals surface area contributed by atoms with Gasteiger partial charge in [0.05, 0.1) is 37.4 Å². The zero-order chi connectivity index (χ0) is 26.2. The number of ether oxygens (including phenoxy) is 3. The lowest BCUT2D eigenvalue weighted by Gasteiger charge is -2.27. The maximum absolute atomic E-state index is 14.0. The van der Waals surface area contributed by atoms with Crippen LogP contribution in [0.5, 0.6) is 0 Å². The highest BCUT2D eigenvalue weighted by molar-refractivity contribution is 7.17. The van der Waals surface area contributed by atoms with Crippen molar-refractivity contribution in [1.82, 2.24) is 4.98 Å². The number of hydrogen-bond donors (Lipinski definition) is 0. The molecule has 0 aromatic carbocycles. The minimum absolute atomic E-state index is 0.0618. The first-order valence-corrected chi connectivity index (χ1v) is 13.1. The first kappa shape index (κ1) is 28.4. The molecular weight excluding hydrogens is 551 g/mol. The average molecular weight is 576 g/mol. The molecule has 0 aliphatic heterocycles. The third-order valence-corrected chi connectivity index (χ3v) is 7.64. The summed E-state index contributed by atoms with van der Waals surface area (Å²) in [6.45, 7) is 0.396. The Labute approximate surface area is 228 Å². The fourth-order valence-electron chi connectivity index (χ4n) is 3.73. The van der Waals surface area contributed by atoms with Crippen molar-refractivity contribution in [2.24, 2.45) is 0 Å². The van der Waals surface area contributed by atoms with Crippen LogP contribution < -0.4 is 4.90 Å². The highest BCUT2D eigenvalue weighted by Crippen LogP contribution is 2.45. The first-order valence-electron chi connectivity index (χ1n) is 11.1. The Hall–Kier alpha value is -2.17. The van der Waals surface area contributed by atoms with Crippen LogP contribution in [0.1, 0.15) is 36.1 Å². The Morgan fingerprint density at radius 3 is 2.42 bits per heavy atom. The van der Waals surface area contributed by atoms with Gasteiger partial charge in [-0.3, -0.25) is 9.59 Å². The minimum Gasteiger partial charge on any atom is -0.469 e. The molecule has 0 bridgehead atoms. The quantitative estimate of drug-likeness (QED) is 0.212. The van der Waals surface area contributed by atoms with Gasteiger partial charge in [-0.15, -0.1) is 11.3 Å². The summed E-state index contributed by atoms with van der Waals surface area (Å²) in [5.74, 6) is -1.45. The Balaban J connectivity index is 2.05. The van der Waals surface area contributed by atoms with Crippen LogP contribution in [0.25, 0.3) is 0 Å². The molecule has 0 unspecified atom stereocenters. The Bertz CT molecular complexity index is 1150. The molecule has 1 aliphatic carbocycles. The number of halogens is 3. The zero-order valence-electron chi connectivity index (χ0n) is 19.8. The predicted octanol–water partition coefficient (Wildman–Crippen LogP) is 5.41. The van der Waals surface area contributed by atoms with E-state index < -0.39 is 17.8 Å². The highest BCUT2D eigenvalue weighted by atomic mass is 35.5. The van der Waals surface area contributed by atoms with Crippen molar-refractivity contribution in [3.05, 3.63) is 54.4 Å². The largest absolute Gasteiger partial charge is 0.469 e. The van der Waals surface area contributed by atoms with Gasteiger partial charge in [-0.2, -0.15) is 0 Å². The van der Waals surface area contributed by atoms with Crippen LogP contribution >= 0.6 is 46.1 Å². The van der Waals surface area contributed by atoms with E-state index in [0.29, 0.717) is 39.6 Å². The highest BCUT2D eigenvalue weighted by Gasteiger charge is 2.32. The Morgan fingerprint density at radius 2 is 1.78 bits per heavy atom. The number of carbonyl (C=O) groups excluding carboxylic acids is 3. The van der Waals surface area contributed by atoms with Gasteiger partial charge in [0.15, 0.2) is 0 Å². The third kappa shape index (κ3) is 6.98. The number of methoxy groups -OCH3 is 2. The molecule has 2 aromatic heterocycles. The average Bonchev–Trinajstić information content (AvgIpc) is 3.15. The van der Waals surface area contributed by atoms with Crippen molar-refractivity contribution in [2.45, 2.75) is 38.6 Å². The number of rotatable bonds is 10. The Morgan fingerprint density at radius 1 is 1.06 bits per heavy atom. The van der Waals surface area contributed by atoms with Crippen LogP contribution in [0, 0.1) is 0 Å². The molecule has 2 heterocycles. The van der Waals surface area contributed by atoms with E-state index in [1.54, 1.807) is 18.3 Å². The number of carbonyl (C=O) groups is 3. The van der Waals surface area contributed by atoms with Gasteiger partial charge in [0, 0.05) is 29.3 Å². The van der Waals surface area contributed by atoms with Gasteiger partial charge in [-0.1, -0.05) is 40.9 Å². The second-order valence-corrected chi connectivity index (χ2v) is 10.4. The molecule has 194 valence electrons. The van der Waals surface area contributed by atoms with Crippen molar-refractivity contribution < 1.29 is 28.6 Å². The molecule has 8 nitrogen and oxygen atoms in total. The number of aromatic nitrogens is 1. The fourth-order valence-corrected chi connectivity index (χ4v) is 5.70. The first-order chi connectivity index (χ1) is 17.3. The van der Waals surface area contributed by atoms with Crippen molar-refractivity contribution in [3.63, 3.8) is 0 Å². The lowest BCUT2D eigenvalue weighted by Crippen LogP contribution is -2.34. The van der Waals surface area contributed by atoms with Gasteiger partial charge in [0.25, 0.3) is 5.91 Å². The Kier molecular flexibility index (Phi) is 10.6. The second-order valence-electron chi connectivity index (χ2n) is 7.89. The SMILES string of the molecule is COCCOC(=O)C1=C(C(=O)N(Cc2ccc(Cl)nc2)c2c(Cl)sc(CC(=O)OC)c2Cl)CCCC1. The molecule has 0 saturated carbocycles. The molecule has 0 fully saturated rings. The van der Waals surface area contributed by atoms with Gasteiger partial charge < -0.3 is 19.1 Å². The van der Waals surface area contributed by atoms with Gasteiger partial charge in [-0.05, 0) is 37.3 Å². The van der Waals surface area contributed by atoms with E-state index in [4.69, 9.17) is 49.0 Å². The molecule has 3 rings (SSSR count). The second kappa shape index (κ2) is 13.4. The van der Waals surface area contributed by atoms with Gasteiger partial charge in [0.2, 0.25) is 0 Å². The van der Waals surface area contributed by atoms with E-state index >= 15 is 0 Å². The van der Waals surface area contributed by atoms with E-state index in [1.807, 2.05) is 0 Å². The van der Waals surface area contributed by atoms with Gasteiger partial charge >= 0.3 is 11.9 Å². The van der Waals surface area contributed by atoms with E-state index in [-0.39, 0.29) is 41.2 Å². The number of amides is 1. The molecule has 0 radical (unpaired) electrons. The van der Waals surface area contributed by atoms with Crippen molar-refractivity contribution in [1.29, 1.82) is 0 Å². The molecule has 0 saturated heterocycles. The van der Waals surface area contributed by atoms with Crippen LogP contribution in [0.2, 0.25) is 14.5 Å². The van der Waals surface area contributed by atoms with E-state index in [1.165, 1.54) is 19.1 Å². The molecule has 2 aromatic rings. The summed E-state index contributed by atoms with van der Waals surface area (Å²) in [6.07, 6.45) is 3.77. The third-order valence-electron chi connectivity index (χ3n) is 5.52. The van der Waals surface area contributed by atoms with Crippen LogP contribution in [-0.2, 0) is 41.6 Å². The lowest BCUT2D eigenvalue weighted by molar-refractivity contribution is -0.141. The number of pyridine rings is 1. The van der Waals surface area contributed by atoms with Crippen molar-refractivity contribution in [2.75, 3.05) is 32.3 Å². The number of nitrogens with zero attached hydrogens (tertiary/aromatic N) is 2. The summed E-state index contributed by atoms with van der Waals surface area (Å²) in [5, 5.41) is 0.478. The smallest absolute Gasteiger partial charge is 0.334 e. The standard InChI is InChI=1S/C24H25Cl3N2O6S/c1-33-9-10-35-24(32)16-6-4-3-5-15(16)23(31)29(13-14-7-8-18(25)28-12-14)21-20(26)17(36-22(21)27)11-19(30)34-2/h7-8,12H,3-6,9-11,13H2,1-2H3. The molecule has 12 heteroatoms. The maximum atomic E-state index is 14.0. The summed E-state index contributed by atoms with van der Waals surface area (Å²) >= 11 is 20.2. The van der Waals surface area contributed by atoms with Crippen LogP contribution in [0.15, 0.2) is 29.5 Å². The summed E-state index contributed by atoms with van der Waals surface area (Å²) < 4.78 is 15.2. The topological polar surface area (TPSA) is 95.0 Å². The monoisotopic (exact) mass is 574 g/mol. The summed E-state index contributed by atoms with van der Waals surface area (Å²) in [6, 6.07) is 3.34. The summed E-state index contributed by atoms with van der Waals surface area (Å²) in [5.41, 5.74) is 1.60. The number of esters is 2. The number of anilines is 1. The van der Waals surface area contributed by atoms with E-state index in [2.05, 4.69) is 4.98 Å². The fraction of sp³-hybridized carbons (Fsp3) is 0.417. The van der Waals surface area contributed by atoms with Crippen molar-refractivity contribution in [3.8, 4) is 0 Å². The number of thiophene rings is 1. The normalized spacial score (nSPS) is 13.5. The van der Waals surface area contributed by atoms with Crippen LogP contribution in [0.3, 0.4) is 0 Å². The predicted molar refractivity (Wildman–Crippen MR) is 139 cm³/mol. The van der Waals surface area contributed by atoms with Crippen LogP contribution in [0.4, 0.5) is 5.69 Å². The van der Waals surface area contributed by atoms with E-state index in [0.717, 1.165) is 24.2 Å². The lowest BCUT2D eigenvalue weighted by atomic mass is 9.90. The molecule has 0 spiro atoms. The molecule has 36 heavy (non-hydrogen) atoms. The van der Waals surface area contributed by atoms with Crippen LogP contribution in [-0.4, -0.2) is 50.3 Å². The van der Waals surface area contributed by atoms with Gasteiger partial charge in [0.1, 0.15) is 16.1 Å². The zero-order valence-corrected chi connectivity index (χ0v) is 22.9. The minimum atomic E-state index is -0.544. The molecule has 1 aliphatic rings. The molecule has 0 atom stereocenters. The summed E-state index contributed by atoms with van der Waals surface area (Å²) in [4.78, 5) is 44.6. The molecule has 1 amide bonds.